The van der Waals surface area contributed by atoms with Crippen LogP contribution >= 0.6 is 0 Å². The van der Waals surface area contributed by atoms with Crippen molar-refractivity contribution in [1.29, 1.82) is 0 Å². The van der Waals surface area contributed by atoms with E-state index >= 15 is 0 Å². The molecular formula is C12H10O5. The van der Waals surface area contributed by atoms with Gasteiger partial charge in [0.15, 0.2) is 0 Å². The Bertz CT molecular complexity index is 582. The van der Waals surface area contributed by atoms with Crippen molar-refractivity contribution >= 4 is 22.9 Å². The fourth-order valence-corrected chi connectivity index (χ4v) is 1.59. The monoisotopic (exact) mass is 234 g/mol. The Labute approximate surface area is 96.9 Å². The minimum atomic E-state index is -0.534. The fraction of sp³-hybridized carbons (Fsp3) is 0.167. The van der Waals surface area contributed by atoms with Crippen molar-refractivity contribution < 1.29 is 23.5 Å². The summed E-state index contributed by atoms with van der Waals surface area (Å²) in [4.78, 5) is 23.0. The zero-order valence-corrected chi connectivity index (χ0v) is 9.35. The van der Waals surface area contributed by atoms with Crippen LogP contribution in [0.1, 0.15) is 20.7 Å². The lowest BCUT2D eigenvalue weighted by atomic mass is 10.1. The Kier molecular flexibility index (Phi) is 2.82. The van der Waals surface area contributed by atoms with Crippen molar-refractivity contribution in [3.05, 3.63) is 35.6 Å². The molecule has 5 nitrogen and oxygen atoms in total. The lowest BCUT2D eigenvalue weighted by molar-refractivity contribution is 0.0600. The molecule has 2 aromatic rings. The van der Waals surface area contributed by atoms with E-state index in [1.54, 1.807) is 6.07 Å². The minimum Gasteiger partial charge on any atom is -0.465 e. The van der Waals surface area contributed by atoms with E-state index in [4.69, 9.17) is 4.42 Å². The Balaban J connectivity index is 2.66. The predicted octanol–water partition coefficient (Wildman–Crippen LogP) is 2.01. The highest BCUT2D eigenvalue weighted by Crippen LogP contribution is 2.23. The molecule has 5 heteroatoms. The van der Waals surface area contributed by atoms with Gasteiger partial charge in [0, 0.05) is 5.39 Å². The molecule has 0 radical (unpaired) electrons. The lowest BCUT2D eigenvalue weighted by Gasteiger charge is -2.04. The van der Waals surface area contributed by atoms with Gasteiger partial charge in [0.05, 0.1) is 31.6 Å². The quantitative estimate of drug-likeness (QED) is 0.743. The Morgan fingerprint density at radius 3 is 2.47 bits per heavy atom. The average molecular weight is 234 g/mol. The molecule has 0 saturated carbocycles. The SMILES string of the molecule is COC(=O)c1cc(C(=O)OC)c2ccoc2c1. The second kappa shape index (κ2) is 4.29. The van der Waals surface area contributed by atoms with Crippen molar-refractivity contribution in [2.24, 2.45) is 0 Å². The van der Waals surface area contributed by atoms with Gasteiger partial charge in [-0.05, 0) is 18.2 Å². The van der Waals surface area contributed by atoms with Crippen LogP contribution in [0, 0.1) is 0 Å². The molecule has 88 valence electrons. The first-order valence-corrected chi connectivity index (χ1v) is 4.85. The number of carbonyl (C=O) groups excluding carboxylic acids is 2. The summed E-state index contributed by atoms with van der Waals surface area (Å²) in [6.45, 7) is 0. The third-order valence-electron chi connectivity index (χ3n) is 2.40. The van der Waals surface area contributed by atoms with Gasteiger partial charge >= 0.3 is 11.9 Å². The van der Waals surface area contributed by atoms with Gasteiger partial charge in [-0.1, -0.05) is 0 Å². The van der Waals surface area contributed by atoms with Crippen LogP contribution in [0.4, 0.5) is 0 Å². The first-order chi connectivity index (χ1) is 8.17. The van der Waals surface area contributed by atoms with Crippen molar-refractivity contribution in [3.8, 4) is 0 Å². The van der Waals surface area contributed by atoms with Gasteiger partial charge in [0.1, 0.15) is 5.58 Å². The molecule has 0 unspecified atom stereocenters. The van der Waals surface area contributed by atoms with Crippen LogP contribution < -0.4 is 0 Å². The molecule has 0 spiro atoms. The number of hydrogen-bond donors (Lipinski definition) is 0. The van der Waals surface area contributed by atoms with Gasteiger partial charge in [-0.2, -0.15) is 0 Å². The zero-order chi connectivity index (χ0) is 12.4. The molecule has 0 aliphatic heterocycles. The van der Waals surface area contributed by atoms with E-state index in [-0.39, 0.29) is 11.1 Å². The summed E-state index contributed by atoms with van der Waals surface area (Å²) in [5, 5.41) is 0.601. The lowest BCUT2D eigenvalue weighted by Crippen LogP contribution is -2.06. The molecule has 0 amide bonds. The molecule has 2 rings (SSSR count). The molecule has 0 fully saturated rings. The molecule has 0 atom stereocenters. The molecule has 1 aromatic heterocycles. The summed E-state index contributed by atoms with van der Waals surface area (Å²) < 4.78 is 14.4. The maximum Gasteiger partial charge on any atom is 0.338 e. The standard InChI is InChI=1S/C12H10O5/c1-15-11(13)7-5-9(12(14)16-2)8-3-4-17-10(8)6-7/h3-6H,1-2H3. The summed E-state index contributed by atoms with van der Waals surface area (Å²) in [5.41, 5.74) is 0.961. The molecule has 0 N–H and O–H groups in total. The second-order valence-corrected chi connectivity index (χ2v) is 3.34. The molecule has 1 aromatic carbocycles. The highest BCUT2D eigenvalue weighted by Gasteiger charge is 2.17. The number of methoxy groups -OCH3 is 2. The van der Waals surface area contributed by atoms with E-state index in [0.717, 1.165) is 0 Å². The second-order valence-electron chi connectivity index (χ2n) is 3.34. The van der Waals surface area contributed by atoms with Crippen LogP contribution in [0.15, 0.2) is 28.9 Å². The van der Waals surface area contributed by atoms with E-state index in [0.29, 0.717) is 11.0 Å². The highest BCUT2D eigenvalue weighted by atomic mass is 16.5. The van der Waals surface area contributed by atoms with Crippen molar-refractivity contribution in [2.45, 2.75) is 0 Å². The third-order valence-corrected chi connectivity index (χ3v) is 2.40. The Morgan fingerprint density at radius 1 is 1.12 bits per heavy atom. The summed E-state index contributed by atoms with van der Waals surface area (Å²) >= 11 is 0. The summed E-state index contributed by atoms with van der Waals surface area (Å²) in [5.74, 6) is -1.06. The number of esters is 2. The topological polar surface area (TPSA) is 65.7 Å². The normalized spacial score (nSPS) is 10.2. The maximum atomic E-state index is 11.6. The fourth-order valence-electron chi connectivity index (χ4n) is 1.59. The average Bonchev–Trinajstić information content (AvgIpc) is 2.83. The van der Waals surface area contributed by atoms with Crippen LogP contribution in [0.25, 0.3) is 11.0 Å². The van der Waals surface area contributed by atoms with E-state index < -0.39 is 11.9 Å². The summed E-state index contributed by atoms with van der Waals surface area (Å²) in [7, 11) is 2.55. The van der Waals surface area contributed by atoms with Gasteiger partial charge in [-0.15, -0.1) is 0 Å². The molecule has 1 heterocycles. The maximum absolute atomic E-state index is 11.6. The van der Waals surface area contributed by atoms with Crippen LogP contribution in [0.2, 0.25) is 0 Å². The number of rotatable bonds is 2. The van der Waals surface area contributed by atoms with Crippen LogP contribution in [0.3, 0.4) is 0 Å². The van der Waals surface area contributed by atoms with Crippen LogP contribution in [0.5, 0.6) is 0 Å². The van der Waals surface area contributed by atoms with Crippen molar-refractivity contribution in [1.82, 2.24) is 0 Å². The molecule has 17 heavy (non-hydrogen) atoms. The first-order valence-electron chi connectivity index (χ1n) is 4.85. The molecule has 0 bridgehead atoms. The van der Waals surface area contributed by atoms with Crippen molar-refractivity contribution in [3.63, 3.8) is 0 Å². The van der Waals surface area contributed by atoms with E-state index in [1.165, 1.54) is 32.6 Å². The Hall–Kier alpha value is -2.30. The van der Waals surface area contributed by atoms with E-state index in [2.05, 4.69) is 9.47 Å². The number of ether oxygens (including phenoxy) is 2. The number of benzene rings is 1. The smallest absolute Gasteiger partial charge is 0.338 e. The Morgan fingerprint density at radius 2 is 1.82 bits per heavy atom. The molecule has 0 aliphatic carbocycles. The van der Waals surface area contributed by atoms with E-state index in [1.807, 2.05) is 0 Å². The van der Waals surface area contributed by atoms with Crippen LogP contribution in [-0.2, 0) is 9.47 Å². The largest absolute Gasteiger partial charge is 0.465 e. The number of hydrogen-bond acceptors (Lipinski definition) is 5. The van der Waals surface area contributed by atoms with Gasteiger partial charge in [-0.25, -0.2) is 9.59 Å². The molecule has 0 aliphatic rings. The van der Waals surface area contributed by atoms with Gasteiger partial charge in [0.25, 0.3) is 0 Å². The third kappa shape index (κ3) is 1.87. The van der Waals surface area contributed by atoms with Crippen molar-refractivity contribution in [2.75, 3.05) is 14.2 Å². The molecule has 0 saturated heterocycles. The van der Waals surface area contributed by atoms with Gasteiger partial charge < -0.3 is 13.9 Å². The summed E-state index contributed by atoms with van der Waals surface area (Å²) in [6.07, 6.45) is 1.44. The number of fused-ring (bicyclic) bond motifs is 1. The number of furan rings is 1. The molecular weight excluding hydrogens is 224 g/mol. The highest BCUT2D eigenvalue weighted by molar-refractivity contribution is 6.06. The minimum absolute atomic E-state index is 0.246. The predicted molar refractivity (Wildman–Crippen MR) is 58.9 cm³/mol. The summed E-state index contributed by atoms with van der Waals surface area (Å²) in [6, 6.07) is 4.59. The number of carbonyl (C=O) groups is 2. The first kappa shape index (κ1) is 11.2. The van der Waals surface area contributed by atoms with E-state index in [9.17, 15) is 9.59 Å². The zero-order valence-electron chi connectivity index (χ0n) is 9.35. The van der Waals surface area contributed by atoms with Gasteiger partial charge in [-0.3, -0.25) is 0 Å². The van der Waals surface area contributed by atoms with Crippen LogP contribution in [-0.4, -0.2) is 26.2 Å². The van der Waals surface area contributed by atoms with Gasteiger partial charge in [0.2, 0.25) is 0 Å².